The van der Waals surface area contributed by atoms with E-state index in [2.05, 4.69) is 0 Å². The Balaban J connectivity index is 3.55. The van der Waals surface area contributed by atoms with Crippen molar-refractivity contribution in [2.24, 2.45) is 0 Å². The van der Waals surface area contributed by atoms with E-state index in [1.165, 1.54) is 6.92 Å². The summed E-state index contributed by atoms with van der Waals surface area (Å²) in [5, 5.41) is 28.0. The standard InChI is InChI=1S/C9H6N2O4/c1-5-7(4-10)6(9(12)13)2-3-8(5)11(14)15/h2-3H,1H3,(H,12,13). The van der Waals surface area contributed by atoms with Crippen molar-refractivity contribution in [1.29, 1.82) is 5.26 Å². The summed E-state index contributed by atoms with van der Waals surface area (Å²) in [6, 6.07) is 3.80. The predicted octanol–water partition coefficient (Wildman–Crippen LogP) is 1.47. The Morgan fingerprint density at radius 1 is 1.60 bits per heavy atom. The molecule has 0 saturated carbocycles. The minimum absolute atomic E-state index is 0.0717. The Morgan fingerprint density at radius 3 is 2.60 bits per heavy atom. The van der Waals surface area contributed by atoms with Crippen molar-refractivity contribution < 1.29 is 14.8 Å². The zero-order valence-electron chi connectivity index (χ0n) is 7.72. The van der Waals surface area contributed by atoms with Gasteiger partial charge < -0.3 is 5.11 Å². The van der Waals surface area contributed by atoms with Crippen LogP contribution in [-0.2, 0) is 0 Å². The van der Waals surface area contributed by atoms with Gasteiger partial charge in [0.25, 0.3) is 5.69 Å². The molecule has 0 amide bonds. The molecule has 6 nitrogen and oxygen atoms in total. The van der Waals surface area contributed by atoms with Gasteiger partial charge in [-0.05, 0) is 13.0 Å². The lowest BCUT2D eigenvalue weighted by Crippen LogP contribution is -2.04. The summed E-state index contributed by atoms with van der Waals surface area (Å²) < 4.78 is 0. The summed E-state index contributed by atoms with van der Waals surface area (Å²) in [4.78, 5) is 20.6. The molecule has 15 heavy (non-hydrogen) atoms. The second-order valence-corrected chi connectivity index (χ2v) is 2.81. The van der Waals surface area contributed by atoms with Gasteiger partial charge >= 0.3 is 5.97 Å². The van der Waals surface area contributed by atoms with E-state index in [0.717, 1.165) is 12.1 Å². The van der Waals surface area contributed by atoms with Crippen molar-refractivity contribution in [2.45, 2.75) is 6.92 Å². The van der Waals surface area contributed by atoms with Gasteiger partial charge in [0.05, 0.1) is 16.1 Å². The van der Waals surface area contributed by atoms with E-state index in [9.17, 15) is 14.9 Å². The second kappa shape index (κ2) is 3.75. The third-order valence-corrected chi connectivity index (χ3v) is 1.98. The van der Waals surface area contributed by atoms with E-state index >= 15 is 0 Å². The molecule has 1 N–H and O–H groups in total. The normalized spacial score (nSPS) is 9.33. The minimum atomic E-state index is -1.27. The Labute approximate surface area is 84.5 Å². The highest BCUT2D eigenvalue weighted by molar-refractivity contribution is 5.91. The van der Waals surface area contributed by atoms with E-state index in [1.807, 2.05) is 0 Å². The summed E-state index contributed by atoms with van der Waals surface area (Å²) in [6.07, 6.45) is 0. The highest BCUT2D eigenvalue weighted by Gasteiger charge is 2.20. The summed E-state index contributed by atoms with van der Waals surface area (Å²) in [7, 11) is 0. The number of carboxylic acids is 1. The monoisotopic (exact) mass is 206 g/mol. The molecule has 1 aromatic carbocycles. The fraction of sp³-hybridized carbons (Fsp3) is 0.111. The Bertz CT molecular complexity index is 488. The van der Waals surface area contributed by atoms with Crippen LogP contribution in [-0.4, -0.2) is 16.0 Å². The van der Waals surface area contributed by atoms with Gasteiger partial charge in [-0.15, -0.1) is 0 Å². The van der Waals surface area contributed by atoms with Crippen LogP contribution in [0.2, 0.25) is 0 Å². The largest absolute Gasteiger partial charge is 0.478 e. The number of carboxylic acid groups (broad SMARTS) is 1. The van der Waals surface area contributed by atoms with Crippen LogP contribution in [0.15, 0.2) is 12.1 Å². The number of nitro groups is 1. The van der Waals surface area contributed by atoms with Crippen molar-refractivity contribution in [3.05, 3.63) is 38.9 Å². The highest BCUT2D eigenvalue weighted by atomic mass is 16.6. The molecule has 0 atom stereocenters. The van der Waals surface area contributed by atoms with Gasteiger partial charge in [-0.3, -0.25) is 10.1 Å². The van der Waals surface area contributed by atoms with Crippen molar-refractivity contribution in [3.63, 3.8) is 0 Å². The minimum Gasteiger partial charge on any atom is -0.478 e. The number of carbonyl (C=O) groups is 1. The maximum absolute atomic E-state index is 10.7. The molecule has 0 unspecified atom stereocenters. The van der Waals surface area contributed by atoms with Gasteiger partial charge in [0.15, 0.2) is 0 Å². The average molecular weight is 206 g/mol. The molecular weight excluding hydrogens is 200 g/mol. The van der Waals surface area contributed by atoms with Gasteiger partial charge in [-0.2, -0.15) is 5.26 Å². The van der Waals surface area contributed by atoms with E-state index < -0.39 is 10.9 Å². The molecule has 0 radical (unpaired) electrons. The third kappa shape index (κ3) is 1.76. The molecular formula is C9H6N2O4. The fourth-order valence-corrected chi connectivity index (χ4v) is 1.22. The summed E-state index contributed by atoms with van der Waals surface area (Å²) >= 11 is 0. The lowest BCUT2D eigenvalue weighted by Gasteiger charge is -2.02. The lowest BCUT2D eigenvalue weighted by molar-refractivity contribution is -0.385. The van der Waals surface area contributed by atoms with Crippen LogP contribution >= 0.6 is 0 Å². The van der Waals surface area contributed by atoms with Gasteiger partial charge in [-0.1, -0.05) is 0 Å². The average Bonchev–Trinajstić information content (AvgIpc) is 2.16. The van der Waals surface area contributed by atoms with Crippen molar-refractivity contribution >= 4 is 11.7 Å². The van der Waals surface area contributed by atoms with Gasteiger partial charge in [0.2, 0.25) is 0 Å². The third-order valence-electron chi connectivity index (χ3n) is 1.98. The number of hydrogen-bond acceptors (Lipinski definition) is 4. The van der Waals surface area contributed by atoms with Crippen LogP contribution in [0.1, 0.15) is 21.5 Å². The van der Waals surface area contributed by atoms with E-state index in [-0.39, 0.29) is 22.4 Å². The van der Waals surface area contributed by atoms with Gasteiger partial charge in [-0.25, -0.2) is 4.79 Å². The van der Waals surface area contributed by atoms with Crippen molar-refractivity contribution in [1.82, 2.24) is 0 Å². The molecule has 0 aliphatic heterocycles. The summed E-state index contributed by atoms with van der Waals surface area (Å²) in [5.41, 5.74) is -0.573. The molecule has 1 aromatic rings. The number of nitro benzene ring substituents is 1. The first-order valence-electron chi connectivity index (χ1n) is 3.90. The molecule has 6 heteroatoms. The van der Waals surface area contributed by atoms with E-state index in [0.29, 0.717) is 0 Å². The van der Waals surface area contributed by atoms with Crippen molar-refractivity contribution in [3.8, 4) is 6.07 Å². The topological polar surface area (TPSA) is 104 Å². The molecule has 0 aliphatic carbocycles. The summed E-state index contributed by atoms with van der Waals surface area (Å²) in [6.45, 7) is 1.35. The first-order chi connectivity index (χ1) is 6.99. The van der Waals surface area contributed by atoms with Crippen LogP contribution in [0.25, 0.3) is 0 Å². The van der Waals surface area contributed by atoms with Crippen LogP contribution in [0, 0.1) is 28.4 Å². The zero-order chi connectivity index (χ0) is 11.6. The number of aromatic carboxylic acids is 1. The molecule has 76 valence electrons. The zero-order valence-corrected chi connectivity index (χ0v) is 7.72. The molecule has 0 aliphatic rings. The molecule has 0 saturated heterocycles. The first kappa shape index (κ1) is 10.7. The molecule has 0 aromatic heterocycles. The Kier molecular flexibility index (Phi) is 2.67. The molecule has 1 rings (SSSR count). The van der Waals surface area contributed by atoms with Crippen molar-refractivity contribution in [2.75, 3.05) is 0 Å². The quantitative estimate of drug-likeness (QED) is 0.582. The van der Waals surface area contributed by atoms with E-state index in [1.54, 1.807) is 6.07 Å². The van der Waals surface area contributed by atoms with Gasteiger partial charge in [0.1, 0.15) is 6.07 Å². The molecule has 0 spiro atoms. The van der Waals surface area contributed by atoms with Gasteiger partial charge in [0, 0.05) is 11.6 Å². The molecule has 0 bridgehead atoms. The second-order valence-electron chi connectivity index (χ2n) is 2.81. The first-order valence-corrected chi connectivity index (χ1v) is 3.90. The highest BCUT2D eigenvalue weighted by Crippen LogP contribution is 2.23. The van der Waals surface area contributed by atoms with E-state index in [4.69, 9.17) is 10.4 Å². The molecule has 0 heterocycles. The Morgan fingerprint density at radius 2 is 2.20 bits per heavy atom. The summed E-state index contributed by atoms with van der Waals surface area (Å²) in [5.74, 6) is -1.27. The molecule has 0 fully saturated rings. The number of nitriles is 1. The number of hydrogen-bond donors (Lipinski definition) is 1. The SMILES string of the molecule is Cc1c([N+](=O)[O-])ccc(C(=O)O)c1C#N. The van der Waals surface area contributed by atoms with Crippen LogP contribution in [0.3, 0.4) is 0 Å². The van der Waals surface area contributed by atoms with Crippen LogP contribution in [0.4, 0.5) is 5.69 Å². The fourth-order valence-electron chi connectivity index (χ4n) is 1.22. The number of benzene rings is 1. The Hall–Kier alpha value is -2.42. The van der Waals surface area contributed by atoms with Crippen LogP contribution in [0.5, 0.6) is 0 Å². The lowest BCUT2D eigenvalue weighted by atomic mass is 10.0. The maximum Gasteiger partial charge on any atom is 0.337 e. The number of nitrogens with zero attached hydrogens (tertiary/aromatic N) is 2. The number of rotatable bonds is 2. The predicted molar refractivity (Wildman–Crippen MR) is 49.5 cm³/mol. The van der Waals surface area contributed by atoms with Crippen LogP contribution < -0.4 is 0 Å². The maximum atomic E-state index is 10.7. The smallest absolute Gasteiger partial charge is 0.337 e.